The van der Waals surface area contributed by atoms with Crippen LogP contribution in [0, 0.1) is 15.9 Å². The zero-order valence-electron chi connectivity index (χ0n) is 11.9. The average molecular weight is 295 g/mol. The molecule has 2 rings (SSSR count). The molecule has 0 saturated carbocycles. The molecule has 7 heteroatoms. The molecule has 1 aliphatic heterocycles. The summed E-state index contributed by atoms with van der Waals surface area (Å²) in [6.45, 7) is 4.12. The van der Waals surface area contributed by atoms with Crippen molar-refractivity contribution in [2.75, 3.05) is 31.1 Å². The van der Waals surface area contributed by atoms with Crippen molar-refractivity contribution in [3.63, 3.8) is 0 Å². The number of nitro benzene ring substituents is 1. The molecule has 0 spiro atoms. The third-order valence-corrected chi connectivity index (χ3v) is 3.58. The van der Waals surface area contributed by atoms with Crippen LogP contribution in [0.4, 0.5) is 15.8 Å². The zero-order valence-corrected chi connectivity index (χ0v) is 11.9. The Morgan fingerprint density at radius 3 is 2.52 bits per heavy atom. The molecule has 0 N–H and O–H groups in total. The van der Waals surface area contributed by atoms with Gasteiger partial charge in [-0.15, -0.1) is 0 Å². The van der Waals surface area contributed by atoms with Crippen molar-refractivity contribution in [3.05, 3.63) is 34.1 Å². The van der Waals surface area contributed by atoms with Crippen molar-refractivity contribution in [2.24, 2.45) is 0 Å². The quantitative estimate of drug-likeness (QED) is 0.631. The maximum absolute atomic E-state index is 13.9. The molecule has 0 unspecified atom stereocenters. The summed E-state index contributed by atoms with van der Waals surface area (Å²) in [5.74, 6) is -0.473. The number of hydrogen-bond donors (Lipinski definition) is 0. The van der Waals surface area contributed by atoms with E-state index in [2.05, 4.69) is 0 Å². The molecule has 1 aliphatic rings. The van der Waals surface area contributed by atoms with Crippen molar-refractivity contribution in [1.29, 1.82) is 0 Å². The summed E-state index contributed by atoms with van der Waals surface area (Å²) in [6, 6.07) is 3.66. The van der Waals surface area contributed by atoms with Crippen LogP contribution in [0.3, 0.4) is 0 Å². The van der Waals surface area contributed by atoms with Crippen LogP contribution in [0.5, 0.6) is 0 Å². The Labute approximate surface area is 122 Å². The van der Waals surface area contributed by atoms with Gasteiger partial charge in [0, 0.05) is 38.7 Å². The van der Waals surface area contributed by atoms with Crippen molar-refractivity contribution < 1.29 is 14.1 Å². The van der Waals surface area contributed by atoms with Gasteiger partial charge in [-0.1, -0.05) is 6.92 Å². The maximum Gasteiger partial charge on any atom is 0.272 e. The summed E-state index contributed by atoms with van der Waals surface area (Å²) in [5.41, 5.74) is 0.0937. The molecule has 21 heavy (non-hydrogen) atoms. The summed E-state index contributed by atoms with van der Waals surface area (Å²) < 4.78 is 13.9. The highest BCUT2D eigenvalue weighted by atomic mass is 19.1. The average Bonchev–Trinajstić information content (AvgIpc) is 2.47. The molecule has 114 valence electrons. The van der Waals surface area contributed by atoms with Gasteiger partial charge in [0.2, 0.25) is 5.91 Å². The second kappa shape index (κ2) is 6.51. The van der Waals surface area contributed by atoms with Gasteiger partial charge in [-0.25, -0.2) is 4.39 Å². The van der Waals surface area contributed by atoms with E-state index < -0.39 is 10.7 Å². The topological polar surface area (TPSA) is 66.7 Å². The third kappa shape index (κ3) is 3.48. The third-order valence-electron chi connectivity index (χ3n) is 3.58. The Kier molecular flexibility index (Phi) is 4.72. The maximum atomic E-state index is 13.9. The Morgan fingerprint density at radius 2 is 2.00 bits per heavy atom. The van der Waals surface area contributed by atoms with Gasteiger partial charge in [-0.2, -0.15) is 0 Å². The Balaban J connectivity index is 2.02. The van der Waals surface area contributed by atoms with E-state index in [9.17, 15) is 19.3 Å². The van der Waals surface area contributed by atoms with Gasteiger partial charge in [0.15, 0.2) is 5.82 Å². The first-order valence-corrected chi connectivity index (χ1v) is 6.99. The number of benzene rings is 1. The van der Waals surface area contributed by atoms with Gasteiger partial charge in [-0.05, 0) is 12.5 Å². The van der Waals surface area contributed by atoms with Crippen LogP contribution in [0.1, 0.15) is 19.8 Å². The molecule has 1 fully saturated rings. The van der Waals surface area contributed by atoms with Gasteiger partial charge in [0.05, 0.1) is 16.7 Å². The lowest BCUT2D eigenvalue weighted by molar-refractivity contribution is -0.385. The van der Waals surface area contributed by atoms with Crippen LogP contribution in [-0.4, -0.2) is 41.9 Å². The number of anilines is 1. The Hall–Kier alpha value is -2.18. The van der Waals surface area contributed by atoms with E-state index in [1.807, 2.05) is 11.8 Å². The number of halogens is 1. The van der Waals surface area contributed by atoms with E-state index >= 15 is 0 Å². The number of carbonyl (C=O) groups is 1. The number of non-ortho nitro benzene ring substituents is 1. The normalized spacial score (nSPS) is 15.1. The molecule has 1 amide bonds. The van der Waals surface area contributed by atoms with E-state index in [4.69, 9.17) is 0 Å². The van der Waals surface area contributed by atoms with Crippen LogP contribution in [0.25, 0.3) is 0 Å². The van der Waals surface area contributed by atoms with E-state index in [1.165, 1.54) is 12.1 Å². The number of nitrogens with zero attached hydrogens (tertiary/aromatic N) is 3. The van der Waals surface area contributed by atoms with Crippen molar-refractivity contribution in [1.82, 2.24) is 4.90 Å². The number of piperazine rings is 1. The molecular formula is C14H18FN3O3. The minimum absolute atomic E-state index is 0.126. The summed E-state index contributed by atoms with van der Waals surface area (Å²) in [6.07, 6.45) is 1.35. The van der Waals surface area contributed by atoms with Crippen LogP contribution in [0.15, 0.2) is 18.2 Å². The standard InChI is InChI=1S/C14H18FN3O3/c1-2-3-14(19)17-8-6-16(7-9-17)13-5-4-11(18(20)21)10-12(13)15/h4-5,10H,2-3,6-9H2,1H3. The minimum Gasteiger partial charge on any atom is -0.366 e. The molecule has 0 aromatic heterocycles. The Bertz CT molecular complexity index is 542. The van der Waals surface area contributed by atoms with Gasteiger partial charge in [0.25, 0.3) is 5.69 Å². The predicted molar refractivity (Wildman–Crippen MR) is 76.8 cm³/mol. The number of nitro groups is 1. The first kappa shape index (κ1) is 15.2. The van der Waals surface area contributed by atoms with Crippen LogP contribution in [0.2, 0.25) is 0 Å². The van der Waals surface area contributed by atoms with Crippen molar-refractivity contribution in [3.8, 4) is 0 Å². The fourth-order valence-corrected chi connectivity index (χ4v) is 2.43. The first-order valence-electron chi connectivity index (χ1n) is 6.99. The number of amides is 1. The molecule has 0 bridgehead atoms. The molecular weight excluding hydrogens is 277 g/mol. The lowest BCUT2D eigenvalue weighted by atomic mass is 10.2. The Morgan fingerprint density at radius 1 is 1.33 bits per heavy atom. The minimum atomic E-state index is -0.617. The monoisotopic (exact) mass is 295 g/mol. The predicted octanol–water partition coefficient (Wildman–Crippen LogP) is 2.18. The van der Waals surface area contributed by atoms with Crippen LogP contribution < -0.4 is 4.90 Å². The van der Waals surface area contributed by atoms with Crippen LogP contribution in [-0.2, 0) is 4.79 Å². The smallest absolute Gasteiger partial charge is 0.272 e. The van der Waals surface area contributed by atoms with Gasteiger partial charge in [0.1, 0.15) is 0 Å². The van der Waals surface area contributed by atoms with Crippen molar-refractivity contribution in [2.45, 2.75) is 19.8 Å². The second-order valence-corrected chi connectivity index (χ2v) is 5.01. The lowest BCUT2D eigenvalue weighted by Gasteiger charge is -2.36. The molecule has 1 heterocycles. The SMILES string of the molecule is CCCC(=O)N1CCN(c2ccc([N+](=O)[O-])cc2F)CC1. The lowest BCUT2D eigenvalue weighted by Crippen LogP contribution is -2.49. The largest absolute Gasteiger partial charge is 0.366 e. The van der Waals surface area contributed by atoms with Gasteiger partial charge in [-0.3, -0.25) is 14.9 Å². The number of rotatable bonds is 4. The molecule has 0 aliphatic carbocycles. The summed E-state index contributed by atoms with van der Waals surface area (Å²) >= 11 is 0. The summed E-state index contributed by atoms with van der Waals surface area (Å²) in [5, 5.41) is 10.6. The first-order chi connectivity index (χ1) is 10.0. The fourth-order valence-electron chi connectivity index (χ4n) is 2.43. The van der Waals surface area contributed by atoms with E-state index in [1.54, 1.807) is 4.90 Å². The zero-order chi connectivity index (χ0) is 15.4. The summed E-state index contributed by atoms with van der Waals surface area (Å²) in [7, 11) is 0. The molecule has 1 saturated heterocycles. The molecule has 1 aromatic carbocycles. The second-order valence-electron chi connectivity index (χ2n) is 5.01. The number of hydrogen-bond acceptors (Lipinski definition) is 4. The molecule has 0 radical (unpaired) electrons. The highest BCUT2D eigenvalue weighted by Gasteiger charge is 2.23. The molecule has 0 atom stereocenters. The summed E-state index contributed by atoms with van der Waals surface area (Å²) in [4.78, 5) is 25.4. The van der Waals surface area contributed by atoms with E-state index in [0.29, 0.717) is 38.3 Å². The van der Waals surface area contributed by atoms with Gasteiger partial charge < -0.3 is 9.80 Å². The molecule has 6 nitrogen and oxygen atoms in total. The highest BCUT2D eigenvalue weighted by Crippen LogP contribution is 2.25. The highest BCUT2D eigenvalue weighted by molar-refractivity contribution is 5.76. The van der Waals surface area contributed by atoms with Gasteiger partial charge >= 0.3 is 0 Å². The van der Waals surface area contributed by atoms with E-state index in [0.717, 1.165) is 12.5 Å². The van der Waals surface area contributed by atoms with Crippen molar-refractivity contribution >= 4 is 17.3 Å². The van der Waals surface area contributed by atoms with E-state index in [-0.39, 0.29) is 11.6 Å². The fraction of sp³-hybridized carbons (Fsp3) is 0.500. The molecule has 1 aromatic rings. The van der Waals surface area contributed by atoms with Crippen LogP contribution >= 0.6 is 0 Å². The number of carbonyl (C=O) groups excluding carboxylic acids is 1.